The van der Waals surface area contributed by atoms with Crippen LogP contribution in [0.25, 0.3) is 0 Å². The standard InChI is InChI=1S/C21H27ClFN5O/c1-15(2)29-20-8-7-18(11-19(20)23)26-21-25-13-27(10-9-24)14-28(21)12-16-3-5-17(22)6-4-16/h3-8,11,15H,9-10,12-14,24H2,1-2H3,(H,25,26). The van der Waals surface area contributed by atoms with Crippen molar-refractivity contribution in [2.24, 2.45) is 10.7 Å². The van der Waals surface area contributed by atoms with Crippen molar-refractivity contribution in [1.82, 2.24) is 9.80 Å². The summed E-state index contributed by atoms with van der Waals surface area (Å²) in [5.74, 6) is 0.516. The van der Waals surface area contributed by atoms with Crippen LogP contribution >= 0.6 is 11.6 Å². The molecule has 0 spiro atoms. The minimum Gasteiger partial charge on any atom is -0.488 e. The van der Waals surface area contributed by atoms with Crippen molar-refractivity contribution >= 4 is 23.2 Å². The third-order valence-electron chi connectivity index (χ3n) is 4.37. The van der Waals surface area contributed by atoms with E-state index < -0.39 is 5.82 Å². The number of nitrogens with two attached hydrogens (primary N) is 1. The maximum atomic E-state index is 14.4. The number of nitrogens with one attached hydrogen (secondary N) is 1. The summed E-state index contributed by atoms with van der Waals surface area (Å²) in [6, 6.07) is 12.5. The topological polar surface area (TPSA) is 66.1 Å². The number of aliphatic imine (C=N–C) groups is 1. The van der Waals surface area contributed by atoms with Gasteiger partial charge in [-0.25, -0.2) is 9.38 Å². The molecule has 0 aromatic heterocycles. The van der Waals surface area contributed by atoms with E-state index in [9.17, 15) is 4.39 Å². The zero-order chi connectivity index (χ0) is 20.8. The highest BCUT2D eigenvalue weighted by molar-refractivity contribution is 6.30. The molecule has 0 radical (unpaired) electrons. The van der Waals surface area contributed by atoms with Gasteiger partial charge in [0.05, 0.1) is 19.4 Å². The number of hydrogen-bond acceptors (Lipinski definition) is 6. The van der Waals surface area contributed by atoms with E-state index in [1.807, 2.05) is 38.1 Å². The molecule has 2 aromatic carbocycles. The van der Waals surface area contributed by atoms with Gasteiger partial charge in [0.2, 0.25) is 5.96 Å². The van der Waals surface area contributed by atoms with Crippen LogP contribution in [0.4, 0.5) is 10.1 Å². The van der Waals surface area contributed by atoms with Gasteiger partial charge in [0.25, 0.3) is 0 Å². The van der Waals surface area contributed by atoms with Gasteiger partial charge in [0, 0.05) is 36.4 Å². The van der Waals surface area contributed by atoms with E-state index in [0.717, 1.165) is 12.1 Å². The van der Waals surface area contributed by atoms with Crippen LogP contribution in [0.3, 0.4) is 0 Å². The number of guanidine groups is 1. The number of benzene rings is 2. The zero-order valence-electron chi connectivity index (χ0n) is 16.7. The highest BCUT2D eigenvalue weighted by Crippen LogP contribution is 2.23. The van der Waals surface area contributed by atoms with Gasteiger partial charge in [0.15, 0.2) is 11.6 Å². The molecule has 1 aliphatic heterocycles. The van der Waals surface area contributed by atoms with Crippen molar-refractivity contribution in [3.63, 3.8) is 0 Å². The van der Waals surface area contributed by atoms with Gasteiger partial charge in [-0.3, -0.25) is 4.90 Å². The van der Waals surface area contributed by atoms with Crippen molar-refractivity contribution in [1.29, 1.82) is 0 Å². The van der Waals surface area contributed by atoms with Crippen LogP contribution in [-0.2, 0) is 6.54 Å². The predicted octanol–water partition coefficient (Wildman–Crippen LogP) is 3.73. The Bertz CT molecular complexity index is 843. The molecule has 6 nitrogen and oxygen atoms in total. The van der Waals surface area contributed by atoms with Crippen LogP contribution < -0.4 is 15.8 Å². The monoisotopic (exact) mass is 419 g/mol. The molecule has 0 atom stereocenters. The maximum Gasteiger partial charge on any atom is 0.201 e. The fourth-order valence-electron chi connectivity index (χ4n) is 3.05. The van der Waals surface area contributed by atoms with Crippen molar-refractivity contribution < 1.29 is 9.13 Å². The molecular weight excluding hydrogens is 393 g/mol. The summed E-state index contributed by atoms with van der Waals surface area (Å²) < 4.78 is 19.8. The van der Waals surface area contributed by atoms with Crippen molar-refractivity contribution in [3.8, 4) is 5.75 Å². The van der Waals surface area contributed by atoms with Gasteiger partial charge >= 0.3 is 0 Å². The van der Waals surface area contributed by atoms with E-state index in [1.54, 1.807) is 12.1 Å². The smallest absolute Gasteiger partial charge is 0.201 e. The second kappa shape index (κ2) is 9.91. The highest BCUT2D eigenvalue weighted by atomic mass is 35.5. The van der Waals surface area contributed by atoms with Crippen molar-refractivity contribution in [2.45, 2.75) is 26.5 Å². The summed E-state index contributed by atoms with van der Waals surface area (Å²) in [6.45, 7) is 6.89. The summed E-state index contributed by atoms with van der Waals surface area (Å²) in [4.78, 5) is 8.89. The first-order valence-corrected chi connectivity index (χ1v) is 10.0. The Morgan fingerprint density at radius 1 is 1.24 bits per heavy atom. The minimum absolute atomic E-state index is 0.0885. The highest BCUT2D eigenvalue weighted by Gasteiger charge is 2.21. The summed E-state index contributed by atoms with van der Waals surface area (Å²) in [5.41, 5.74) is 7.42. The third-order valence-corrected chi connectivity index (χ3v) is 4.63. The maximum absolute atomic E-state index is 14.4. The molecule has 3 rings (SSSR count). The quantitative estimate of drug-likeness (QED) is 0.715. The third kappa shape index (κ3) is 6.06. The molecule has 0 unspecified atom stereocenters. The van der Waals surface area contributed by atoms with Crippen molar-refractivity contribution in [3.05, 3.63) is 58.9 Å². The fourth-order valence-corrected chi connectivity index (χ4v) is 3.18. The van der Waals surface area contributed by atoms with Crippen LogP contribution in [-0.4, -0.2) is 48.3 Å². The number of ether oxygens (including phenoxy) is 1. The Balaban J connectivity index is 1.76. The van der Waals surface area contributed by atoms with Crippen LogP contribution in [0.15, 0.2) is 47.5 Å². The lowest BCUT2D eigenvalue weighted by molar-refractivity contribution is 0.172. The average Bonchev–Trinajstić information content (AvgIpc) is 2.68. The number of rotatable bonds is 7. The average molecular weight is 420 g/mol. The van der Waals surface area contributed by atoms with E-state index in [-0.39, 0.29) is 11.9 Å². The van der Waals surface area contributed by atoms with E-state index in [4.69, 9.17) is 22.1 Å². The molecule has 0 fully saturated rings. The molecule has 0 bridgehead atoms. The molecule has 0 saturated carbocycles. The van der Waals surface area contributed by atoms with Gasteiger partial charge < -0.3 is 20.7 Å². The van der Waals surface area contributed by atoms with Gasteiger partial charge in [-0.05, 0) is 43.7 Å². The normalized spacial score (nSPS) is 14.8. The van der Waals surface area contributed by atoms with E-state index in [2.05, 4.69) is 20.1 Å². The molecule has 29 heavy (non-hydrogen) atoms. The summed E-state index contributed by atoms with van der Waals surface area (Å²) in [5, 5.41) is 3.94. The minimum atomic E-state index is -0.408. The lowest BCUT2D eigenvalue weighted by Gasteiger charge is -2.36. The molecular formula is C21H27ClFN5O. The summed E-state index contributed by atoms with van der Waals surface area (Å²) >= 11 is 6.00. The first-order valence-electron chi connectivity index (χ1n) is 9.64. The summed E-state index contributed by atoms with van der Waals surface area (Å²) in [6.07, 6.45) is -0.0885. The Kier molecular flexibility index (Phi) is 7.30. The Hall–Kier alpha value is -2.35. The molecule has 3 N–H and O–H groups in total. The molecule has 2 aromatic rings. The van der Waals surface area contributed by atoms with E-state index in [1.165, 1.54) is 6.07 Å². The van der Waals surface area contributed by atoms with Crippen LogP contribution in [0.5, 0.6) is 5.75 Å². The largest absolute Gasteiger partial charge is 0.488 e. The SMILES string of the molecule is CC(C)Oc1ccc(NC2=NCN(CCN)CN2Cc2ccc(Cl)cc2)cc1F. The molecule has 1 heterocycles. The molecule has 0 saturated heterocycles. The second-order valence-corrected chi connectivity index (χ2v) is 7.65. The van der Waals surface area contributed by atoms with E-state index in [0.29, 0.717) is 43.1 Å². The first kappa shape index (κ1) is 21.4. The first-order chi connectivity index (χ1) is 13.9. The van der Waals surface area contributed by atoms with Gasteiger partial charge in [-0.2, -0.15) is 0 Å². The molecule has 1 aliphatic rings. The fraction of sp³-hybridized carbons (Fsp3) is 0.381. The van der Waals surface area contributed by atoms with Gasteiger partial charge in [-0.15, -0.1) is 0 Å². The molecule has 0 amide bonds. The van der Waals surface area contributed by atoms with Crippen LogP contribution in [0.1, 0.15) is 19.4 Å². The Labute approximate surface area is 176 Å². The number of nitrogens with zero attached hydrogens (tertiary/aromatic N) is 3. The Morgan fingerprint density at radius 2 is 2.00 bits per heavy atom. The second-order valence-electron chi connectivity index (χ2n) is 7.21. The Morgan fingerprint density at radius 3 is 2.66 bits per heavy atom. The molecule has 0 aliphatic carbocycles. The van der Waals surface area contributed by atoms with Gasteiger partial charge in [-0.1, -0.05) is 23.7 Å². The van der Waals surface area contributed by atoms with Crippen LogP contribution in [0, 0.1) is 5.82 Å². The molecule has 8 heteroatoms. The van der Waals surface area contributed by atoms with Crippen molar-refractivity contribution in [2.75, 3.05) is 31.7 Å². The lowest BCUT2D eigenvalue weighted by Crippen LogP contribution is -2.49. The number of halogens is 2. The lowest BCUT2D eigenvalue weighted by atomic mass is 10.2. The zero-order valence-corrected chi connectivity index (χ0v) is 17.5. The number of anilines is 1. The predicted molar refractivity (Wildman–Crippen MR) is 116 cm³/mol. The van der Waals surface area contributed by atoms with E-state index >= 15 is 0 Å². The molecule has 156 valence electrons. The summed E-state index contributed by atoms with van der Waals surface area (Å²) in [7, 11) is 0. The van der Waals surface area contributed by atoms with Gasteiger partial charge in [0.1, 0.15) is 0 Å². The van der Waals surface area contributed by atoms with Crippen LogP contribution in [0.2, 0.25) is 5.02 Å². The number of hydrogen-bond donors (Lipinski definition) is 2.